The Balaban J connectivity index is 2.08. The van der Waals surface area contributed by atoms with Gasteiger partial charge in [0.05, 0.1) is 11.0 Å². The van der Waals surface area contributed by atoms with E-state index in [2.05, 4.69) is 5.32 Å². The number of anilines is 1. The topological polar surface area (TPSA) is 75.7 Å². The van der Waals surface area contributed by atoms with Crippen LogP contribution in [0.3, 0.4) is 0 Å². The molecule has 1 heterocycles. The van der Waals surface area contributed by atoms with Gasteiger partial charge in [-0.15, -0.1) is 0 Å². The molecule has 0 spiro atoms. The Hall–Kier alpha value is -1.44. The van der Waals surface area contributed by atoms with E-state index < -0.39 is 10.0 Å². The predicted octanol–water partition coefficient (Wildman–Crippen LogP) is 1.44. The molecular formula is C14H20N2O4S. The van der Waals surface area contributed by atoms with Crippen molar-refractivity contribution in [2.24, 2.45) is 0 Å². The molecule has 1 fully saturated rings. The molecule has 0 bridgehead atoms. The first-order chi connectivity index (χ1) is 9.89. The van der Waals surface area contributed by atoms with Gasteiger partial charge < -0.3 is 10.1 Å². The number of ether oxygens (including phenoxy) is 1. The van der Waals surface area contributed by atoms with Crippen LogP contribution in [0.2, 0.25) is 0 Å². The van der Waals surface area contributed by atoms with E-state index in [-0.39, 0.29) is 16.9 Å². The van der Waals surface area contributed by atoms with Gasteiger partial charge in [0.15, 0.2) is 0 Å². The number of likely N-dealkylation sites (N-methyl/N-ethyl adjacent to an activating group) is 1. The average molecular weight is 312 g/mol. The largest absolute Gasteiger partial charge is 0.377 e. The lowest BCUT2D eigenvalue weighted by Gasteiger charge is -2.20. The molecule has 2 rings (SSSR count). The maximum Gasteiger partial charge on any atom is 0.242 e. The lowest BCUT2D eigenvalue weighted by Crippen LogP contribution is -2.34. The summed E-state index contributed by atoms with van der Waals surface area (Å²) in [6.45, 7) is 2.46. The fourth-order valence-electron chi connectivity index (χ4n) is 2.27. The quantitative estimate of drug-likeness (QED) is 0.893. The molecule has 1 aliphatic heterocycles. The van der Waals surface area contributed by atoms with Crippen molar-refractivity contribution in [2.45, 2.75) is 30.8 Å². The number of hydrogen-bond donors (Lipinski definition) is 1. The monoisotopic (exact) mass is 312 g/mol. The van der Waals surface area contributed by atoms with E-state index in [1.807, 2.05) is 0 Å². The lowest BCUT2D eigenvalue weighted by molar-refractivity contribution is -0.114. The SMILES string of the molecule is CC(=O)Nc1ccc(S(=O)(=O)N(C)CC2CCCO2)cc1. The average Bonchev–Trinajstić information content (AvgIpc) is 2.91. The van der Waals surface area contributed by atoms with E-state index in [1.165, 1.54) is 23.4 Å². The van der Waals surface area contributed by atoms with E-state index >= 15 is 0 Å². The first kappa shape index (κ1) is 15.9. The molecule has 21 heavy (non-hydrogen) atoms. The predicted molar refractivity (Wildman–Crippen MR) is 79.5 cm³/mol. The lowest BCUT2D eigenvalue weighted by atomic mass is 10.2. The molecule has 0 aromatic heterocycles. The van der Waals surface area contributed by atoms with Crippen LogP contribution in [0.25, 0.3) is 0 Å². The summed E-state index contributed by atoms with van der Waals surface area (Å²) in [5.74, 6) is -0.193. The number of nitrogens with one attached hydrogen (secondary N) is 1. The smallest absolute Gasteiger partial charge is 0.242 e. The van der Waals surface area contributed by atoms with Crippen molar-refractivity contribution in [3.8, 4) is 0 Å². The van der Waals surface area contributed by atoms with E-state index in [1.54, 1.807) is 19.2 Å². The Labute approximate surface area is 125 Å². The number of amides is 1. The second-order valence-electron chi connectivity index (χ2n) is 5.13. The first-order valence-corrected chi connectivity index (χ1v) is 8.29. The molecule has 1 atom stereocenters. The second-order valence-corrected chi connectivity index (χ2v) is 7.17. The highest BCUT2D eigenvalue weighted by atomic mass is 32.2. The Kier molecular flexibility index (Phi) is 4.97. The normalized spacial score (nSPS) is 18.9. The summed E-state index contributed by atoms with van der Waals surface area (Å²) in [4.78, 5) is 11.2. The summed E-state index contributed by atoms with van der Waals surface area (Å²) in [5, 5.41) is 2.60. The van der Waals surface area contributed by atoms with Crippen LogP contribution in [0.1, 0.15) is 19.8 Å². The number of nitrogens with zero attached hydrogens (tertiary/aromatic N) is 1. The highest BCUT2D eigenvalue weighted by molar-refractivity contribution is 7.89. The summed E-state index contributed by atoms with van der Waals surface area (Å²) in [5.41, 5.74) is 0.572. The third-order valence-corrected chi connectivity index (χ3v) is 5.21. The standard InChI is InChI=1S/C14H20N2O4S/c1-11(17)15-12-5-7-14(8-6-12)21(18,19)16(2)10-13-4-3-9-20-13/h5-8,13H,3-4,9-10H2,1-2H3,(H,15,17). The van der Waals surface area contributed by atoms with Crippen LogP contribution in [-0.4, -0.2) is 44.9 Å². The number of sulfonamides is 1. The number of hydrogen-bond acceptors (Lipinski definition) is 4. The number of carbonyl (C=O) groups is 1. The van der Waals surface area contributed by atoms with Gasteiger partial charge in [-0.3, -0.25) is 4.79 Å². The number of benzene rings is 1. The molecule has 1 aromatic carbocycles. The van der Waals surface area contributed by atoms with Crippen LogP contribution in [0.15, 0.2) is 29.2 Å². The van der Waals surface area contributed by atoms with Crippen molar-refractivity contribution in [2.75, 3.05) is 25.5 Å². The summed E-state index contributed by atoms with van der Waals surface area (Å²) >= 11 is 0. The fourth-order valence-corrected chi connectivity index (χ4v) is 3.47. The van der Waals surface area contributed by atoms with Gasteiger partial charge in [0, 0.05) is 32.8 Å². The maximum atomic E-state index is 12.4. The fraction of sp³-hybridized carbons (Fsp3) is 0.500. The van der Waals surface area contributed by atoms with Crippen molar-refractivity contribution in [3.05, 3.63) is 24.3 Å². The zero-order valence-corrected chi connectivity index (χ0v) is 13.0. The van der Waals surface area contributed by atoms with Crippen LogP contribution < -0.4 is 5.32 Å². The molecule has 1 amide bonds. The van der Waals surface area contributed by atoms with Crippen molar-refractivity contribution < 1.29 is 17.9 Å². The molecule has 116 valence electrons. The van der Waals surface area contributed by atoms with E-state index in [9.17, 15) is 13.2 Å². The Bertz CT molecular complexity index is 592. The van der Waals surface area contributed by atoms with Crippen molar-refractivity contribution in [1.82, 2.24) is 4.31 Å². The van der Waals surface area contributed by atoms with Crippen LogP contribution in [0.4, 0.5) is 5.69 Å². The van der Waals surface area contributed by atoms with Gasteiger partial charge in [-0.25, -0.2) is 8.42 Å². The van der Waals surface area contributed by atoms with Gasteiger partial charge in [0.25, 0.3) is 0 Å². The van der Waals surface area contributed by atoms with E-state index in [0.29, 0.717) is 18.8 Å². The first-order valence-electron chi connectivity index (χ1n) is 6.85. The Morgan fingerprint density at radius 1 is 1.38 bits per heavy atom. The van der Waals surface area contributed by atoms with Gasteiger partial charge in [-0.1, -0.05) is 0 Å². The van der Waals surface area contributed by atoms with Crippen LogP contribution >= 0.6 is 0 Å². The molecule has 1 saturated heterocycles. The second kappa shape index (κ2) is 6.55. The molecule has 6 nitrogen and oxygen atoms in total. The van der Waals surface area contributed by atoms with Gasteiger partial charge in [0.1, 0.15) is 0 Å². The van der Waals surface area contributed by atoms with Crippen LogP contribution in [0.5, 0.6) is 0 Å². The molecule has 1 unspecified atom stereocenters. The van der Waals surface area contributed by atoms with E-state index in [0.717, 1.165) is 12.8 Å². The van der Waals surface area contributed by atoms with Gasteiger partial charge in [-0.2, -0.15) is 4.31 Å². The zero-order chi connectivity index (χ0) is 15.5. The molecule has 0 saturated carbocycles. The molecule has 7 heteroatoms. The number of rotatable bonds is 5. The van der Waals surface area contributed by atoms with Crippen molar-refractivity contribution in [1.29, 1.82) is 0 Å². The molecule has 1 aliphatic rings. The van der Waals surface area contributed by atoms with Gasteiger partial charge >= 0.3 is 0 Å². The third kappa shape index (κ3) is 4.03. The summed E-state index contributed by atoms with van der Waals surface area (Å²) in [7, 11) is -1.98. The summed E-state index contributed by atoms with van der Waals surface area (Å²) in [6, 6.07) is 6.14. The Morgan fingerprint density at radius 2 is 2.05 bits per heavy atom. The minimum Gasteiger partial charge on any atom is -0.377 e. The minimum absolute atomic E-state index is 0.0246. The van der Waals surface area contributed by atoms with Gasteiger partial charge in [-0.05, 0) is 37.1 Å². The zero-order valence-electron chi connectivity index (χ0n) is 12.2. The molecular weight excluding hydrogens is 292 g/mol. The van der Waals surface area contributed by atoms with Crippen LogP contribution in [0, 0.1) is 0 Å². The highest BCUT2D eigenvalue weighted by Gasteiger charge is 2.25. The van der Waals surface area contributed by atoms with E-state index in [4.69, 9.17) is 4.74 Å². The highest BCUT2D eigenvalue weighted by Crippen LogP contribution is 2.20. The maximum absolute atomic E-state index is 12.4. The molecule has 1 N–H and O–H groups in total. The van der Waals surface area contributed by atoms with Gasteiger partial charge in [0.2, 0.25) is 15.9 Å². The third-order valence-electron chi connectivity index (χ3n) is 3.37. The Morgan fingerprint density at radius 3 is 2.57 bits per heavy atom. The van der Waals surface area contributed by atoms with Crippen molar-refractivity contribution in [3.63, 3.8) is 0 Å². The molecule has 1 aromatic rings. The van der Waals surface area contributed by atoms with Crippen LogP contribution in [-0.2, 0) is 19.6 Å². The summed E-state index contributed by atoms with van der Waals surface area (Å²) < 4.78 is 31.7. The molecule has 0 radical (unpaired) electrons. The minimum atomic E-state index is -3.53. The number of carbonyl (C=O) groups excluding carboxylic acids is 1. The summed E-state index contributed by atoms with van der Waals surface area (Å²) in [6.07, 6.45) is 1.84. The van der Waals surface area contributed by atoms with Crippen molar-refractivity contribution >= 4 is 21.6 Å². The molecule has 0 aliphatic carbocycles.